The van der Waals surface area contributed by atoms with Crippen LogP contribution >= 0.6 is 11.8 Å². The van der Waals surface area contributed by atoms with Gasteiger partial charge in [-0.25, -0.2) is 4.98 Å². The van der Waals surface area contributed by atoms with Crippen LogP contribution in [-0.4, -0.2) is 33.2 Å². The van der Waals surface area contributed by atoms with Gasteiger partial charge >= 0.3 is 0 Å². The molecule has 0 saturated carbocycles. The number of hydrogen-bond acceptors (Lipinski definition) is 4. The fourth-order valence-corrected chi connectivity index (χ4v) is 4.02. The van der Waals surface area contributed by atoms with E-state index < -0.39 is 0 Å². The Morgan fingerprint density at radius 3 is 2.54 bits per heavy atom. The van der Waals surface area contributed by atoms with Gasteiger partial charge in [-0.1, -0.05) is 61.2 Å². The predicted octanol–water partition coefficient (Wildman–Crippen LogP) is 4.12. The SMILES string of the molecule is CC[C@H](C)n1c(SCC(=O)N(C)Cc2ccccc2)nc2ccccc2c1=O. The predicted molar refractivity (Wildman–Crippen MR) is 115 cm³/mol. The molecule has 0 fully saturated rings. The van der Waals surface area contributed by atoms with Crippen molar-refractivity contribution in [2.24, 2.45) is 0 Å². The molecule has 1 heterocycles. The molecule has 3 rings (SSSR count). The summed E-state index contributed by atoms with van der Waals surface area (Å²) in [5.41, 5.74) is 1.70. The number of amides is 1. The van der Waals surface area contributed by atoms with Gasteiger partial charge in [0.2, 0.25) is 5.91 Å². The smallest absolute Gasteiger partial charge is 0.262 e. The molecule has 3 aromatic rings. The molecule has 1 amide bonds. The van der Waals surface area contributed by atoms with Gasteiger partial charge in [0, 0.05) is 19.6 Å². The number of carbonyl (C=O) groups is 1. The van der Waals surface area contributed by atoms with Gasteiger partial charge in [0.1, 0.15) is 0 Å². The molecule has 0 aliphatic carbocycles. The molecule has 2 aromatic carbocycles. The summed E-state index contributed by atoms with van der Waals surface area (Å²) in [5.74, 6) is 0.247. The van der Waals surface area contributed by atoms with E-state index in [-0.39, 0.29) is 23.3 Å². The second kappa shape index (κ2) is 9.06. The van der Waals surface area contributed by atoms with E-state index in [1.807, 2.05) is 62.4 Å². The van der Waals surface area contributed by atoms with Gasteiger partial charge in [0.25, 0.3) is 5.56 Å². The van der Waals surface area contributed by atoms with Crippen molar-refractivity contribution in [2.75, 3.05) is 12.8 Å². The number of carbonyl (C=O) groups excluding carboxylic acids is 1. The van der Waals surface area contributed by atoms with Gasteiger partial charge < -0.3 is 4.90 Å². The molecule has 1 aromatic heterocycles. The fraction of sp³-hybridized carbons (Fsp3) is 0.318. The molecular weight excluding hydrogens is 370 g/mol. The van der Waals surface area contributed by atoms with Crippen molar-refractivity contribution in [1.29, 1.82) is 0 Å². The summed E-state index contributed by atoms with van der Waals surface area (Å²) in [7, 11) is 1.80. The van der Waals surface area contributed by atoms with Gasteiger partial charge in [-0.3, -0.25) is 14.2 Å². The molecular formula is C22H25N3O2S. The molecule has 0 aliphatic heterocycles. The highest BCUT2D eigenvalue weighted by Crippen LogP contribution is 2.22. The highest BCUT2D eigenvalue weighted by Gasteiger charge is 2.17. The summed E-state index contributed by atoms with van der Waals surface area (Å²) < 4.78 is 1.72. The molecule has 146 valence electrons. The second-order valence-corrected chi connectivity index (χ2v) is 7.81. The van der Waals surface area contributed by atoms with Crippen molar-refractivity contribution >= 4 is 28.6 Å². The Bertz CT molecular complexity index is 1020. The number of benzene rings is 2. The summed E-state index contributed by atoms with van der Waals surface area (Å²) in [4.78, 5) is 32.0. The van der Waals surface area contributed by atoms with E-state index in [0.717, 1.165) is 12.0 Å². The van der Waals surface area contributed by atoms with Gasteiger partial charge in [-0.05, 0) is 31.0 Å². The van der Waals surface area contributed by atoms with Crippen LogP contribution in [-0.2, 0) is 11.3 Å². The number of fused-ring (bicyclic) bond motifs is 1. The van der Waals surface area contributed by atoms with E-state index in [1.165, 1.54) is 11.8 Å². The lowest BCUT2D eigenvalue weighted by atomic mass is 10.2. The number of hydrogen-bond donors (Lipinski definition) is 0. The van der Waals surface area contributed by atoms with Crippen molar-refractivity contribution in [1.82, 2.24) is 14.5 Å². The Kier molecular flexibility index (Phi) is 6.52. The largest absolute Gasteiger partial charge is 0.341 e. The van der Waals surface area contributed by atoms with Crippen LogP contribution in [0.4, 0.5) is 0 Å². The topological polar surface area (TPSA) is 55.2 Å². The average molecular weight is 396 g/mol. The Morgan fingerprint density at radius 1 is 1.14 bits per heavy atom. The fourth-order valence-electron chi connectivity index (χ4n) is 2.98. The Hall–Kier alpha value is -2.60. The second-order valence-electron chi connectivity index (χ2n) is 6.87. The molecule has 0 saturated heterocycles. The molecule has 0 bridgehead atoms. The van der Waals surface area contributed by atoms with E-state index in [9.17, 15) is 9.59 Å². The van der Waals surface area contributed by atoms with Crippen LogP contribution in [0.2, 0.25) is 0 Å². The Labute approximate surface area is 169 Å². The molecule has 0 aliphatic rings. The minimum absolute atomic E-state index is 0.00645. The molecule has 1 atom stereocenters. The molecule has 5 nitrogen and oxygen atoms in total. The minimum atomic E-state index is -0.0486. The Morgan fingerprint density at radius 2 is 1.82 bits per heavy atom. The highest BCUT2D eigenvalue weighted by molar-refractivity contribution is 7.99. The first-order valence-corrected chi connectivity index (χ1v) is 10.4. The zero-order valence-electron chi connectivity index (χ0n) is 16.5. The van der Waals surface area contributed by atoms with Crippen LogP contribution in [0.25, 0.3) is 10.9 Å². The first kappa shape index (κ1) is 20.1. The van der Waals surface area contributed by atoms with Crippen LogP contribution in [0.3, 0.4) is 0 Å². The van der Waals surface area contributed by atoms with Crippen LogP contribution < -0.4 is 5.56 Å². The number of thioether (sulfide) groups is 1. The Balaban J connectivity index is 1.81. The summed E-state index contributed by atoms with van der Waals surface area (Å²) in [6, 6.07) is 17.3. The average Bonchev–Trinajstić information content (AvgIpc) is 2.72. The van der Waals surface area contributed by atoms with E-state index in [0.29, 0.717) is 22.6 Å². The van der Waals surface area contributed by atoms with Gasteiger partial charge in [0.05, 0.1) is 16.7 Å². The van der Waals surface area contributed by atoms with Crippen LogP contribution in [0.5, 0.6) is 0 Å². The monoisotopic (exact) mass is 395 g/mol. The highest BCUT2D eigenvalue weighted by atomic mass is 32.2. The van der Waals surface area contributed by atoms with E-state index in [2.05, 4.69) is 4.98 Å². The van der Waals surface area contributed by atoms with Crippen molar-refractivity contribution in [3.05, 3.63) is 70.5 Å². The maximum atomic E-state index is 13.0. The lowest BCUT2D eigenvalue weighted by Gasteiger charge is -2.20. The van der Waals surface area contributed by atoms with Crippen molar-refractivity contribution < 1.29 is 4.79 Å². The van der Waals surface area contributed by atoms with E-state index in [4.69, 9.17) is 0 Å². The van der Waals surface area contributed by atoms with Gasteiger partial charge in [-0.15, -0.1) is 0 Å². The molecule has 0 unspecified atom stereocenters. The lowest BCUT2D eigenvalue weighted by molar-refractivity contribution is -0.127. The van der Waals surface area contributed by atoms with Crippen LogP contribution in [0, 0.1) is 0 Å². The molecule has 0 radical (unpaired) electrons. The third kappa shape index (κ3) is 4.44. The van der Waals surface area contributed by atoms with Crippen LogP contribution in [0.15, 0.2) is 64.5 Å². The molecule has 0 spiro atoms. The first-order valence-electron chi connectivity index (χ1n) is 9.43. The quantitative estimate of drug-likeness (QED) is 0.446. The number of nitrogens with zero attached hydrogens (tertiary/aromatic N) is 3. The molecule has 6 heteroatoms. The first-order chi connectivity index (χ1) is 13.5. The third-order valence-corrected chi connectivity index (χ3v) is 5.76. The van der Waals surface area contributed by atoms with Crippen molar-refractivity contribution in [2.45, 2.75) is 38.0 Å². The van der Waals surface area contributed by atoms with E-state index in [1.54, 1.807) is 22.6 Å². The maximum absolute atomic E-state index is 13.0. The maximum Gasteiger partial charge on any atom is 0.262 e. The van der Waals surface area contributed by atoms with Crippen molar-refractivity contribution in [3.8, 4) is 0 Å². The minimum Gasteiger partial charge on any atom is -0.341 e. The number of aromatic nitrogens is 2. The summed E-state index contributed by atoms with van der Waals surface area (Å²) in [5, 5.41) is 1.21. The van der Waals surface area contributed by atoms with Crippen molar-refractivity contribution in [3.63, 3.8) is 0 Å². The van der Waals surface area contributed by atoms with Gasteiger partial charge in [0.15, 0.2) is 5.16 Å². The van der Waals surface area contributed by atoms with Gasteiger partial charge in [-0.2, -0.15) is 0 Å². The zero-order valence-corrected chi connectivity index (χ0v) is 17.3. The summed E-state index contributed by atoms with van der Waals surface area (Å²) >= 11 is 1.33. The molecule has 28 heavy (non-hydrogen) atoms. The third-order valence-electron chi connectivity index (χ3n) is 4.82. The van der Waals surface area contributed by atoms with Crippen LogP contribution in [0.1, 0.15) is 31.9 Å². The summed E-state index contributed by atoms with van der Waals surface area (Å²) in [6.45, 7) is 4.61. The number of para-hydroxylation sites is 1. The normalized spacial score (nSPS) is 12.1. The zero-order chi connectivity index (χ0) is 20.1. The standard InChI is InChI=1S/C22H25N3O2S/c1-4-16(2)25-21(27)18-12-8-9-13-19(18)23-22(25)28-15-20(26)24(3)14-17-10-6-5-7-11-17/h5-13,16H,4,14-15H2,1-3H3/t16-/m0/s1. The number of rotatable bonds is 7. The lowest BCUT2D eigenvalue weighted by Crippen LogP contribution is -2.29. The molecule has 0 N–H and O–H groups in total. The summed E-state index contributed by atoms with van der Waals surface area (Å²) in [6.07, 6.45) is 0.815. The van der Waals surface area contributed by atoms with E-state index >= 15 is 0 Å².